The molecule has 3 rings (SSSR count). The van der Waals surface area contributed by atoms with Crippen LogP contribution in [0.3, 0.4) is 0 Å². The molecule has 2 aromatic carbocycles. The highest BCUT2D eigenvalue weighted by Gasteiger charge is 2.32. The normalized spacial score (nSPS) is 16.5. The Morgan fingerprint density at radius 1 is 1.04 bits per heavy atom. The number of anilines is 1. The van der Waals surface area contributed by atoms with Crippen molar-refractivity contribution in [2.24, 2.45) is 5.92 Å². The van der Waals surface area contributed by atoms with Crippen molar-refractivity contribution >= 4 is 17.5 Å². The van der Waals surface area contributed by atoms with Gasteiger partial charge in [0.1, 0.15) is 11.9 Å². The van der Waals surface area contributed by atoms with Gasteiger partial charge in [0, 0.05) is 18.7 Å². The zero-order valence-electron chi connectivity index (χ0n) is 15.3. The SMILES string of the molecule is CNC(=O)C1CCN(C(C(=O)Nc2ccc(F)cc2)c2ccccc2)CC1. The topological polar surface area (TPSA) is 61.4 Å². The summed E-state index contributed by atoms with van der Waals surface area (Å²) in [5.74, 6) is -0.459. The number of carbonyl (C=O) groups is 2. The molecule has 1 unspecified atom stereocenters. The Hall–Kier alpha value is -2.73. The number of hydrogen-bond acceptors (Lipinski definition) is 3. The smallest absolute Gasteiger partial charge is 0.246 e. The van der Waals surface area contributed by atoms with Crippen LogP contribution >= 0.6 is 0 Å². The van der Waals surface area contributed by atoms with Crippen LogP contribution in [-0.4, -0.2) is 36.9 Å². The van der Waals surface area contributed by atoms with Gasteiger partial charge in [0.25, 0.3) is 0 Å². The van der Waals surface area contributed by atoms with Crippen LogP contribution in [0.25, 0.3) is 0 Å². The fourth-order valence-corrected chi connectivity index (χ4v) is 3.53. The Kier molecular flexibility index (Phi) is 6.19. The van der Waals surface area contributed by atoms with E-state index < -0.39 is 6.04 Å². The molecule has 0 spiro atoms. The van der Waals surface area contributed by atoms with E-state index in [1.807, 2.05) is 30.3 Å². The lowest BCUT2D eigenvalue weighted by Gasteiger charge is -2.36. The second-order valence-electron chi connectivity index (χ2n) is 6.73. The van der Waals surface area contributed by atoms with E-state index in [1.165, 1.54) is 12.1 Å². The lowest BCUT2D eigenvalue weighted by atomic mass is 9.93. The molecule has 142 valence electrons. The van der Waals surface area contributed by atoms with Crippen molar-refractivity contribution in [2.45, 2.75) is 18.9 Å². The van der Waals surface area contributed by atoms with Crippen molar-refractivity contribution in [2.75, 3.05) is 25.5 Å². The van der Waals surface area contributed by atoms with E-state index in [0.717, 1.165) is 5.56 Å². The first-order chi connectivity index (χ1) is 13.1. The number of rotatable bonds is 5. The number of carbonyl (C=O) groups excluding carboxylic acids is 2. The molecule has 2 aromatic rings. The number of nitrogens with zero attached hydrogens (tertiary/aromatic N) is 1. The minimum atomic E-state index is -0.457. The molecule has 27 heavy (non-hydrogen) atoms. The van der Waals surface area contributed by atoms with Gasteiger partial charge in [0.05, 0.1) is 0 Å². The van der Waals surface area contributed by atoms with Gasteiger partial charge in [-0.05, 0) is 55.8 Å². The zero-order chi connectivity index (χ0) is 19.2. The van der Waals surface area contributed by atoms with E-state index in [-0.39, 0.29) is 23.5 Å². The summed E-state index contributed by atoms with van der Waals surface area (Å²) in [6.07, 6.45) is 1.43. The summed E-state index contributed by atoms with van der Waals surface area (Å²) in [5.41, 5.74) is 1.46. The van der Waals surface area contributed by atoms with Crippen molar-refractivity contribution in [3.8, 4) is 0 Å². The minimum Gasteiger partial charge on any atom is -0.359 e. The predicted molar refractivity (Wildman–Crippen MR) is 103 cm³/mol. The van der Waals surface area contributed by atoms with Crippen LogP contribution in [0.1, 0.15) is 24.4 Å². The number of halogens is 1. The molecule has 1 aliphatic rings. The maximum atomic E-state index is 13.1. The second-order valence-corrected chi connectivity index (χ2v) is 6.73. The third-order valence-electron chi connectivity index (χ3n) is 4.99. The quantitative estimate of drug-likeness (QED) is 0.852. The van der Waals surface area contributed by atoms with Crippen molar-refractivity contribution in [1.82, 2.24) is 10.2 Å². The summed E-state index contributed by atoms with van der Waals surface area (Å²) in [5, 5.41) is 5.59. The Labute approximate surface area is 158 Å². The van der Waals surface area contributed by atoms with Gasteiger partial charge >= 0.3 is 0 Å². The van der Waals surface area contributed by atoms with Gasteiger partial charge in [0.15, 0.2) is 0 Å². The minimum absolute atomic E-state index is 0.0113. The maximum Gasteiger partial charge on any atom is 0.246 e. The van der Waals surface area contributed by atoms with Gasteiger partial charge in [-0.15, -0.1) is 0 Å². The molecular weight excluding hydrogens is 345 g/mol. The summed E-state index contributed by atoms with van der Waals surface area (Å²) in [7, 11) is 1.65. The largest absolute Gasteiger partial charge is 0.359 e. The Bertz CT molecular complexity index is 772. The fourth-order valence-electron chi connectivity index (χ4n) is 3.53. The number of likely N-dealkylation sites (tertiary alicyclic amines) is 1. The molecule has 1 heterocycles. The number of amides is 2. The molecule has 1 fully saturated rings. The van der Waals surface area contributed by atoms with Gasteiger partial charge in [-0.25, -0.2) is 4.39 Å². The maximum absolute atomic E-state index is 13.1. The van der Waals surface area contributed by atoms with Gasteiger partial charge in [-0.3, -0.25) is 14.5 Å². The molecule has 1 aliphatic heterocycles. The molecule has 6 heteroatoms. The molecule has 1 saturated heterocycles. The van der Waals surface area contributed by atoms with Crippen LogP contribution in [0.15, 0.2) is 54.6 Å². The van der Waals surface area contributed by atoms with Crippen LogP contribution < -0.4 is 10.6 Å². The third-order valence-corrected chi connectivity index (χ3v) is 4.99. The van der Waals surface area contributed by atoms with E-state index in [1.54, 1.807) is 19.2 Å². The number of nitrogens with one attached hydrogen (secondary N) is 2. The van der Waals surface area contributed by atoms with Crippen LogP contribution in [-0.2, 0) is 9.59 Å². The first kappa shape index (κ1) is 19.0. The molecule has 5 nitrogen and oxygen atoms in total. The lowest BCUT2D eigenvalue weighted by molar-refractivity contribution is -0.127. The summed E-state index contributed by atoms with van der Waals surface area (Å²) < 4.78 is 13.1. The van der Waals surface area contributed by atoms with Crippen LogP contribution in [0.2, 0.25) is 0 Å². The van der Waals surface area contributed by atoms with Gasteiger partial charge < -0.3 is 10.6 Å². The van der Waals surface area contributed by atoms with Gasteiger partial charge in [-0.2, -0.15) is 0 Å². The molecule has 2 amide bonds. The third kappa shape index (κ3) is 4.71. The molecule has 0 radical (unpaired) electrons. The van der Waals surface area contributed by atoms with Gasteiger partial charge in [0.2, 0.25) is 11.8 Å². The summed E-state index contributed by atoms with van der Waals surface area (Å²) in [6.45, 7) is 1.32. The summed E-state index contributed by atoms with van der Waals surface area (Å²) in [4.78, 5) is 27.0. The first-order valence-corrected chi connectivity index (χ1v) is 9.15. The van der Waals surface area contributed by atoms with Crippen molar-refractivity contribution in [3.05, 3.63) is 66.0 Å². The Morgan fingerprint density at radius 3 is 2.26 bits per heavy atom. The highest BCUT2D eigenvalue weighted by Crippen LogP contribution is 2.28. The van der Waals surface area contributed by atoms with Crippen molar-refractivity contribution in [1.29, 1.82) is 0 Å². The van der Waals surface area contributed by atoms with Gasteiger partial charge in [-0.1, -0.05) is 30.3 Å². The molecule has 1 atom stereocenters. The number of benzene rings is 2. The van der Waals surface area contributed by atoms with Crippen molar-refractivity contribution in [3.63, 3.8) is 0 Å². The number of piperidine rings is 1. The monoisotopic (exact) mass is 369 g/mol. The fraction of sp³-hybridized carbons (Fsp3) is 0.333. The standard InChI is InChI=1S/C21H24FN3O2/c1-23-20(26)16-11-13-25(14-12-16)19(15-5-3-2-4-6-15)21(27)24-18-9-7-17(22)8-10-18/h2-10,16,19H,11-14H2,1H3,(H,23,26)(H,24,27). The Balaban J connectivity index is 1.77. The van der Waals surface area contributed by atoms with E-state index in [2.05, 4.69) is 15.5 Å². The van der Waals surface area contributed by atoms with E-state index in [0.29, 0.717) is 31.6 Å². The second kappa shape index (κ2) is 8.77. The molecule has 2 N–H and O–H groups in total. The van der Waals surface area contributed by atoms with Crippen LogP contribution in [0.4, 0.5) is 10.1 Å². The molecule has 0 saturated carbocycles. The first-order valence-electron chi connectivity index (χ1n) is 9.15. The molecule has 0 bridgehead atoms. The van der Waals surface area contributed by atoms with E-state index >= 15 is 0 Å². The molecule has 0 aromatic heterocycles. The highest BCUT2D eigenvalue weighted by atomic mass is 19.1. The summed E-state index contributed by atoms with van der Waals surface area (Å²) >= 11 is 0. The Morgan fingerprint density at radius 2 is 1.67 bits per heavy atom. The van der Waals surface area contributed by atoms with Crippen LogP contribution in [0, 0.1) is 11.7 Å². The average molecular weight is 369 g/mol. The van der Waals surface area contributed by atoms with E-state index in [4.69, 9.17) is 0 Å². The van der Waals surface area contributed by atoms with Crippen molar-refractivity contribution < 1.29 is 14.0 Å². The molecule has 0 aliphatic carbocycles. The zero-order valence-corrected chi connectivity index (χ0v) is 15.3. The average Bonchev–Trinajstić information content (AvgIpc) is 2.71. The lowest BCUT2D eigenvalue weighted by Crippen LogP contribution is -2.44. The predicted octanol–water partition coefficient (Wildman–Crippen LogP) is 2.96. The highest BCUT2D eigenvalue weighted by molar-refractivity contribution is 5.95. The number of hydrogen-bond donors (Lipinski definition) is 2. The van der Waals surface area contributed by atoms with E-state index in [9.17, 15) is 14.0 Å². The van der Waals surface area contributed by atoms with Crippen LogP contribution in [0.5, 0.6) is 0 Å². The summed E-state index contributed by atoms with van der Waals surface area (Å²) in [6, 6.07) is 14.9. The molecular formula is C21H24FN3O2.